The van der Waals surface area contributed by atoms with Crippen LogP contribution >= 0.6 is 0 Å². The molecule has 0 unspecified atom stereocenters. The van der Waals surface area contributed by atoms with Gasteiger partial charge < -0.3 is 9.64 Å². The third-order valence-electron chi connectivity index (χ3n) is 6.41. The van der Waals surface area contributed by atoms with Crippen LogP contribution < -0.4 is 0 Å². The summed E-state index contributed by atoms with van der Waals surface area (Å²) in [6.07, 6.45) is 12.8. The van der Waals surface area contributed by atoms with E-state index in [9.17, 15) is 4.79 Å². The van der Waals surface area contributed by atoms with E-state index in [4.69, 9.17) is 4.74 Å². The van der Waals surface area contributed by atoms with Crippen LogP contribution in [-0.2, 0) is 16.1 Å². The Bertz CT molecular complexity index is 595. The predicted molar refractivity (Wildman–Crippen MR) is 101 cm³/mol. The molecule has 3 fully saturated rings. The molecule has 0 N–H and O–H groups in total. The highest BCUT2D eigenvalue weighted by Crippen LogP contribution is 2.39. The van der Waals surface area contributed by atoms with E-state index in [1.54, 1.807) is 6.20 Å². The average Bonchev–Trinajstić information content (AvgIpc) is 3.39. The van der Waals surface area contributed by atoms with Crippen LogP contribution in [0, 0.1) is 0 Å². The molecule has 5 nitrogen and oxygen atoms in total. The number of carbonyl (C=O) groups excluding carboxylic acids is 1. The highest BCUT2D eigenvalue weighted by Gasteiger charge is 2.49. The van der Waals surface area contributed by atoms with Crippen LogP contribution in [-0.4, -0.2) is 58.5 Å². The highest BCUT2D eigenvalue weighted by molar-refractivity contribution is 5.87. The minimum absolute atomic E-state index is 0.143. The van der Waals surface area contributed by atoms with Gasteiger partial charge >= 0.3 is 0 Å². The van der Waals surface area contributed by atoms with Gasteiger partial charge in [-0.2, -0.15) is 0 Å². The van der Waals surface area contributed by atoms with E-state index in [-0.39, 0.29) is 11.6 Å². The van der Waals surface area contributed by atoms with E-state index in [0.717, 1.165) is 57.4 Å². The van der Waals surface area contributed by atoms with Gasteiger partial charge in [0.2, 0.25) is 5.91 Å². The predicted octanol–water partition coefficient (Wildman–Crippen LogP) is 3.00. The molecule has 1 saturated carbocycles. The fourth-order valence-electron chi connectivity index (χ4n) is 5.02. The molecule has 3 heterocycles. The lowest BCUT2D eigenvalue weighted by Gasteiger charge is -2.43. The fourth-order valence-corrected chi connectivity index (χ4v) is 5.02. The second-order valence-electron chi connectivity index (χ2n) is 8.12. The largest absolute Gasteiger partial charge is 0.372 e. The molecule has 5 heteroatoms. The number of piperidine rings is 1. The summed E-state index contributed by atoms with van der Waals surface area (Å²) in [6, 6.07) is 3.98. The van der Waals surface area contributed by atoms with Crippen LogP contribution in [0.25, 0.3) is 0 Å². The number of ether oxygens (including phenoxy) is 1. The number of rotatable bonds is 5. The van der Waals surface area contributed by atoms with Crippen LogP contribution in [0.2, 0.25) is 0 Å². The molecule has 1 atom stereocenters. The summed E-state index contributed by atoms with van der Waals surface area (Å²) in [6.45, 7) is 4.41. The van der Waals surface area contributed by atoms with E-state index < -0.39 is 0 Å². The lowest BCUT2D eigenvalue weighted by molar-refractivity contribution is -0.148. The van der Waals surface area contributed by atoms with E-state index in [1.165, 1.54) is 25.7 Å². The van der Waals surface area contributed by atoms with E-state index >= 15 is 0 Å². The maximum Gasteiger partial charge on any atom is 0.243 e. The second kappa shape index (κ2) is 8.05. The van der Waals surface area contributed by atoms with Crippen molar-refractivity contribution in [1.29, 1.82) is 0 Å². The molecule has 2 aliphatic heterocycles. The summed E-state index contributed by atoms with van der Waals surface area (Å²) in [5, 5.41) is 0. The average molecular weight is 357 g/mol. The molecule has 1 aromatic heterocycles. The Balaban J connectivity index is 1.39. The quantitative estimate of drug-likeness (QED) is 0.813. The normalized spacial score (nSPS) is 26.3. The van der Waals surface area contributed by atoms with Crippen LogP contribution in [0.4, 0.5) is 0 Å². The Hall–Kier alpha value is -1.46. The molecular weight excluding hydrogens is 326 g/mol. The summed E-state index contributed by atoms with van der Waals surface area (Å²) >= 11 is 0. The van der Waals surface area contributed by atoms with Gasteiger partial charge in [-0.15, -0.1) is 0 Å². The first kappa shape index (κ1) is 17.9. The maximum absolute atomic E-state index is 13.5. The molecule has 0 radical (unpaired) electrons. The molecule has 1 amide bonds. The number of likely N-dealkylation sites (tertiary alicyclic amines) is 2. The van der Waals surface area contributed by atoms with Crippen molar-refractivity contribution >= 4 is 5.91 Å². The number of aromatic nitrogens is 1. The van der Waals surface area contributed by atoms with Gasteiger partial charge in [-0.05, 0) is 63.2 Å². The molecule has 4 rings (SSSR count). The smallest absolute Gasteiger partial charge is 0.243 e. The van der Waals surface area contributed by atoms with Crippen molar-refractivity contribution in [2.24, 2.45) is 0 Å². The molecule has 0 spiro atoms. The summed E-state index contributed by atoms with van der Waals surface area (Å²) in [7, 11) is 0. The van der Waals surface area contributed by atoms with Crippen LogP contribution in [0.15, 0.2) is 24.5 Å². The molecule has 26 heavy (non-hydrogen) atoms. The van der Waals surface area contributed by atoms with Gasteiger partial charge in [0.25, 0.3) is 0 Å². The number of pyridine rings is 1. The lowest BCUT2D eigenvalue weighted by Crippen LogP contribution is -2.59. The maximum atomic E-state index is 13.5. The molecule has 2 saturated heterocycles. The number of amides is 1. The topological polar surface area (TPSA) is 45.7 Å². The van der Waals surface area contributed by atoms with Gasteiger partial charge in [0.15, 0.2) is 0 Å². The number of hydrogen-bond acceptors (Lipinski definition) is 4. The Morgan fingerprint density at radius 1 is 1.15 bits per heavy atom. The van der Waals surface area contributed by atoms with Gasteiger partial charge in [-0.25, -0.2) is 0 Å². The number of nitrogens with zero attached hydrogens (tertiary/aromatic N) is 3. The van der Waals surface area contributed by atoms with Gasteiger partial charge in [-0.1, -0.05) is 18.9 Å². The molecule has 3 aliphatic rings. The number of hydrogen-bond donors (Lipinski definition) is 0. The Morgan fingerprint density at radius 3 is 2.69 bits per heavy atom. The molecule has 0 bridgehead atoms. The monoisotopic (exact) mass is 357 g/mol. The molecule has 1 aromatic rings. The Morgan fingerprint density at radius 2 is 1.96 bits per heavy atom. The van der Waals surface area contributed by atoms with Crippen molar-refractivity contribution in [2.45, 2.75) is 69.6 Å². The van der Waals surface area contributed by atoms with Crippen molar-refractivity contribution in [1.82, 2.24) is 14.8 Å². The van der Waals surface area contributed by atoms with E-state index in [2.05, 4.69) is 14.8 Å². The fraction of sp³-hybridized carbons (Fsp3) is 0.714. The third-order valence-corrected chi connectivity index (χ3v) is 6.41. The van der Waals surface area contributed by atoms with Gasteiger partial charge in [0, 0.05) is 25.5 Å². The van der Waals surface area contributed by atoms with Crippen LogP contribution in [0.1, 0.15) is 56.9 Å². The van der Waals surface area contributed by atoms with Crippen molar-refractivity contribution in [3.63, 3.8) is 0 Å². The third kappa shape index (κ3) is 3.65. The van der Waals surface area contributed by atoms with E-state index in [1.807, 2.05) is 18.3 Å². The summed E-state index contributed by atoms with van der Waals surface area (Å²) in [5.74, 6) is 0.381. The first-order valence-electron chi connectivity index (χ1n) is 10.3. The zero-order valence-electron chi connectivity index (χ0n) is 15.7. The molecular formula is C21H31N3O2. The zero-order valence-corrected chi connectivity index (χ0v) is 15.7. The van der Waals surface area contributed by atoms with Crippen molar-refractivity contribution in [2.75, 3.05) is 26.2 Å². The summed E-state index contributed by atoms with van der Waals surface area (Å²) in [4.78, 5) is 22.3. The minimum atomic E-state index is -0.207. The molecule has 0 aromatic carbocycles. The van der Waals surface area contributed by atoms with Crippen molar-refractivity contribution in [3.05, 3.63) is 30.1 Å². The zero-order chi connectivity index (χ0) is 17.8. The van der Waals surface area contributed by atoms with E-state index in [0.29, 0.717) is 12.5 Å². The molecule has 142 valence electrons. The first-order valence-corrected chi connectivity index (χ1v) is 10.3. The lowest BCUT2D eigenvalue weighted by atomic mass is 9.92. The second-order valence-corrected chi connectivity index (χ2v) is 8.12. The standard InChI is InChI=1S/C21H31N3O2/c25-20(21(9-1-2-10-21)24-13-3-4-14-24)23-12-6-8-19(16-23)26-17-18-7-5-11-22-15-18/h5,7,11,15,19H,1-4,6,8-10,12-14,16-17H2/t19-/m0/s1. The Labute approximate surface area is 156 Å². The Kier molecular flexibility index (Phi) is 5.55. The van der Waals surface area contributed by atoms with Gasteiger partial charge in [0.1, 0.15) is 5.54 Å². The van der Waals surface area contributed by atoms with Crippen LogP contribution in [0.5, 0.6) is 0 Å². The summed E-state index contributed by atoms with van der Waals surface area (Å²) < 4.78 is 6.12. The summed E-state index contributed by atoms with van der Waals surface area (Å²) in [5.41, 5.74) is 0.891. The van der Waals surface area contributed by atoms with Crippen LogP contribution in [0.3, 0.4) is 0 Å². The minimum Gasteiger partial charge on any atom is -0.372 e. The van der Waals surface area contributed by atoms with Gasteiger partial charge in [-0.3, -0.25) is 14.7 Å². The van der Waals surface area contributed by atoms with Crippen molar-refractivity contribution in [3.8, 4) is 0 Å². The SMILES string of the molecule is O=C(N1CCC[C@H](OCc2cccnc2)C1)C1(N2CCCC2)CCCC1. The first-order chi connectivity index (χ1) is 12.8. The van der Waals surface area contributed by atoms with Gasteiger partial charge in [0.05, 0.1) is 12.7 Å². The highest BCUT2D eigenvalue weighted by atomic mass is 16.5. The van der Waals surface area contributed by atoms with Crippen molar-refractivity contribution < 1.29 is 9.53 Å². The molecule has 1 aliphatic carbocycles. The number of carbonyl (C=O) groups is 1.